The van der Waals surface area contributed by atoms with E-state index in [1.165, 1.54) is 25.7 Å². The van der Waals surface area contributed by atoms with Crippen molar-refractivity contribution in [3.05, 3.63) is 23.8 Å². The molecule has 0 fully saturated rings. The van der Waals surface area contributed by atoms with Gasteiger partial charge < -0.3 is 15.2 Å². The summed E-state index contributed by atoms with van der Waals surface area (Å²) in [5, 5.41) is 0. The van der Waals surface area contributed by atoms with Crippen LogP contribution in [0.1, 0.15) is 64.5 Å². The minimum Gasteiger partial charge on any atom is -0.496 e. The Morgan fingerprint density at radius 3 is 2.40 bits per heavy atom. The molecule has 2 atom stereocenters. The van der Waals surface area contributed by atoms with Crippen molar-refractivity contribution in [2.75, 3.05) is 7.11 Å². The van der Waals surface area contributed by atoms with Crippen LogP contribution in [0.25, 0.3) is 0 Å². The van der Waals surface area contributed by atoms with Crippen LogP contribution in [0.2, 0.25) is 0 Å². The van der Waals surface area contributed by atoms with Gasteiger partial charge in [-0.25, -0.2) is 0 Å². The van der Waals surface area contributed by atoms with E-state index in [4.69, 9.17) is 15.2 Å². The van der Waals surface area contributed by atoms with Crippen LogP contribution < -0.4 is 15.2 Å². The van der Waals surface area contributed by atoms with Crippen LogP contribution >= 0.6 is 0 Å². The lowest BCUT2D eigenvalue weighted by Crippen LogP contribution is -2.15. The molecular formula is C17H29NO2. The van der Waals surface area contributed by atoms with Crippen LogP contribution in [0.5, 0.6) is 11.5 Å². The van der Waals surface area contributed by atoms with Crippen molar-refractivity contribution in [2.45, 2.75) is 65.0 Å². The van der Waals surface area contributed by atoms with Crippen molar-refractivity contribution in [3.8, 4) is 11.5 Å². The summed E-state index contributed by atoms with van der Waals surface area (Å²) in [4.78, 5) is 0. The summed E-state index contributed by atoms with van der Waals surface area (Å²) in [7, 11) is 1.67. The molecule has 0 saturated heterocycles. The number of nitrogens with two attached hydrogens (primary N) is 1. The molecule has 0 heterocycles. The third-order valence-corrected chi connectivity index (χ3v) is 3.49. The van der Waals surface area contributed by atoms with Crippen LogP contribution in [0.3, 0.4) is 0 Å². The van der Waals surface area contributed by atoms with Gasteiger partial charge in [0.2, 0.25) is 0 Å². The van der Waals surface area contributed by atoms with E-state index in [0.29, 0.717) is 0 Å². The number of ether oxygens (including phenoxy) is 2. The Labute approximate surface area is 123 Å². The Kier molecular flexibility index (Phi) is 7.45. The average molecular weight is 279 g/mol. The van der Waals surface area contributed by atoms with E-state index in [2.05, 4.69) is 13.8 Å². The van der Waals surface area contributed by atoms with Gasteiger partial charge >= 0.3 is 0 Å². The minimum absolute atomic E-state index is 0.103. The number of rotatable bonds is 9. The van der Waals surface area contributed by atoms with Crippen molar-refractivity contribution in [1.82, 2.24) is 0 Å². The van der Waals surface area contributed by atoms with Crippen molar-refractivity contribution >= 4 is 0 Å². The summed E-state index contributed by atoms with van der Waals surface area (Å²) in [6.45, 7) is 6.30. The maximum absolute atomic E-state index is 6.07. The molecule has 3 nitrogen and oxygen atoms in total. The highest BCUT2D eigenvalue weighted by Crippen LogP contribution is 2.33. The monoisotopic (exact) mass is 279 g/mol. The van der Waals surface area contributed by atoms with Gasteiger partial charge in [0, 0.05) is 6.04 Å². The molecule has 2 unspecified atom stereocenters. The fraction of sp³-hybridized carbons (Fsp3) is 0.647. The topological polar surface area (TPSA) is 44.5 Å². The van der Waals surface area contributed by atoms with Gasteiger partial charge in [-0.05, 0) is 38.8 Å². The summed E-state index contributed by atoms with van der Waals surface area (Å²) in [6.07, 6.45) is 6.35. The van der Waals surface area contributed by atoms with Gasteiger partial charge in [-0.1, -0.05) is 32.3 Å². The predicted octanol–water partition coefficient (Wildman–Crippen LogP) is 4.45. The molecule has 0 aromatic heterocycles. The van der Waals surface area contributed by atoms with Crippen molar-refractivity contribution in [3.63, 3.8) is 0 Å². The minimum atomic E-state index is -0.103. The Hall–Kier alpha value is -1.22. The zero-order chi connectivity index (χ0) is 15.0. The molecule has 1 aromatic carbocycles. The molecule has 20 heavy (non-hydrogen) atoms. The number of hydrogen-bond acceptors (Lipinski definition) is 3. The second-order valence-electron chi connectivity index (χ2n) is 5.44. The summed E-state index contributed by atoms with van der Waals surface area (Å²) in [6, 6.07) is 5.75. The van der Waals surface area contributed by atoms with Gasteiger partial charge in [0.1, 0.15) is 11.5 Å². The molecule has 0 radical (unpaired) electrons. The smallest absolute Gasteiger partial charge is 0.128 e. The Morgan fingerprint density at radius 1 is 1.10 bits per heavy atom. The molecule has 0 saturated carbocycles. The highest BCUT2D eigenvalue weighted by Gasteiger charge is 2.16. The number of benzene rings is 1. The molecule has 2 N–H and O–H groups in total. The van der Waals surface area contributed by atoms with E-state index >= 15 is 0 Å². The fourth-order valence-electron chi connectivity index (χ4n) is 2.39. The van der Waals surface area contributed by atoms with Gasteiger partial charge in [0.25, 0.3) is 0 Å². The van der Waals surface area contributed by atoms with Gasteiger partial charge in [0.05, 0.1) is 18.8 Å². The predicted molar refractivity (Wildman–Crippen MR) is 84.4 cm³/mol. The number of methoxy groups -OCH3 is 1. The number of hydrogen-bond donors (Lipinski definition) is 1. The summed E-state index contributed by atoms with van der Waals surface area (Å²) < 4.78 is 11.5. The Morgan fingerprint density at radius 2 is 1.80 bits per heavy atom. The quantitative estimate of drug-likeness (QED) is 0.679. The second kappa shape index (κ2) is 8.85. The second-order valence-corrected chi connectivity index (χ2v) is 5.44. The average Bonchev–Trinajstić information content (AvgIpc) is 2.43. The molecule has 114 valence electrons. The van der Waals surface area contributed by atoms with E-state index in [1.54, 1.807) is 7.11 Å². The first-order chi connectivity index (χ1) is 9.60. The van der Waals surface area contributed by atoms with Crippen LogP contribution in [0.15, 0.2) is 18.2 Å². The largest absolute Gasteiger partial charge is 0.496 e. The Bertz CT molecular complexity index is 391. The van der Waals surface area contributed by atoms with Crippen LogP contribution in [0, 0.1) is 0 Å². The van der Waals surface area contributed by atoms with Crippen molar-refractivity contribution in [2.24, 2.45) is 5.73 Å². The molecule has 1 rings (SSSR count). The van der Waals surface area contributed by atoms with Crippen LogP contribution in [0.4, 0.5) is 0 Å². The third kappa shape index (κ3) is 5.04. The van der Waals surface area contributed by atoms with Gasteiger partial charge in [-0.3, -0.25) is 0 Å². The van der Waals surface area contributed by atoms with Gasteiger partial charge in [0.15, 0.2) is 0 Å². The summed E-state index contributed by atoms with van der Waals surface area (Å²) >= 11 is 0. The molecule has 0 aliphatic heterocycles. The molecule has 0 aliphatic rings. The first-order valence-corrected chi connectivity index (χ1v) is 7.69. The molecule has 0 amide bonds. The van der Waals surface area contributed by atoms with Gasteiger partial charge in [-0.15, -0.1) is 0 Å². The number of unbranched alkanes of at least 4 members (excludes halogenated alkanes) is 3. The van der Waals surface area contributed by atoms with Crippen molar-refractivity contribution in [1.29, 1.82) is 0 Å². The summed E-state index contributed by atoms with van der Waals surface area (Å²) in [5.74, 6) is 1.65. The molecule has 1 aromatic rings. The fourth-order valence-corrected chi connectivity index (χ4v) is 2.39. The molecular weight excluding hydrogens is 250 g/mol. The van der Waals surface area contributed by atoms with E-state index in [0.717, 1.165) is 23.5 Å². The lowest BCUT2D eigenvalue weighted by molar-refractivity contribution is 0.202. The zero-order valence-corrected chi connectivity index (χ0v) is 13.3. The molecule has 0 spiro atoms. The molecule has 3 heteroatoms. The Balaban J connectivity index is 2.66. The normalized spacial score (nSPS) is 13.8. The highest BCUT2D eigenvalue weighted by atomic mass is 16.5. The standard InChI is InChI=1S/C17H29NO2/c1-5-6-7-8-10-13(2)20-16-12-9-11-15(19-4)17(16)14(3)18/h9,11-14H,5-8,10,18H2,1-4H3. The first kappa shape index (κ1) is 16.8. The summed E-state index contributed by atoms with van der Waals surface area (Å²) in [5.41, 5.74) is 7.00. The lowest BCUT2D eigenvalue weighted by atomic mass is 10.1. The van der Waals surface area contributed by atoms with E-state index in [1.807, 2.05) is 25.1 Å². The van der Waals surface area contributed by atoms with E-state index in [9.17, 15) is 0 Å². The van der Waals surface area contributed by atoms with E-state index in [-0.39, 0.29) is 12.1 Å². The van der Waals surface area contributed by atoms with E-state index < -0.39 is 0 Å². The maximum atomic E-state index is 6.07. The SMILES string of the molecule is CCCCCCC(C)Oc1cccc(OC)c1C(C)N. The van der Waals surface area contributed by atoms with Crippen molar-refractivity contribution < 1.29 is 9.47 Å². The molecule has 0 aliphatic carbocycles. The first-order valence-electron chi connectivity index (χ1n) is 7.69. The van der Waals surface area contributed by atoms with Gasteiger partial charge in [-0.2, -0.15) is 0 Å². The third-order valence-electron chi connectivity index (χ3n) is 3.49. The maximum Gasteiger partial charge on any atom is 0.128 e. The highest BCUT2D eigenvalue weighted by molar-refractivity contribution is 5.46. The van der Waals surface area contributed by atoms with Crippen LogP contribution in [-0.2, 0) is 0 Å². The van der Waals surface area contributed by atoms with Crippen LogP contribution in [-0.4, -0.2) is 13.2 Å². The molecule has 0 bridgehead atoms. The zero-order valence-electron chi connectivity index (χ0n) is 13.3. The lowest BCUT2D eigenvalue weighted by Gasteiger charge is -2.21.